The molecule has 0 aliphatic carbocycles. The molecule has 3 heterocycles. The van der Waals surface area contributed by atoms with Gasteiger partial charge >= 0.3 is 0 Å². The first-order valence-corrected chi connectivity index (χ1v) is 11.5. The second-order valence-corrected chi connectivity index (χ2v) is 8.76. The number of thiophene rings is 1. The third kappa shape index (κ3) is 4.55. The fourth-order valence-electron chi connectivity index (χ4n) is 3.08. The number of para-hydroxylation sites is 2. The second kappa shape index (κ2) is 8.79. The molecule has 154 valence electrons. The number of aromatic nitrogens is 3. The smallest absolute Gasteiger partial charge is 0.251 e. The summed E-state index contributed by atoms with van der Waals surface area (Å²) in [6.45, 7) is 0.317. The summed E-state index contributed by atoms with van der Waals surface area (Å²) in [5.41, 5.74) is 4.42. The first-order chi connectivity index (χ1) is 15.2. The van der Waals surface area contributed by atoms with Crippen LogP contribution in [0.4, 0.5) is 0 Å². The molecule has 6 nitrogen and oxygen atoms in total. The van der Waals surface area contributed by atoms with Gasteiger partial charge in [0.1, 0.15) is 6.26 Å². The van der Waals surface area contributed by atoms with E-state index in [-0.39, 0.29) is 5.91 Å². The van der Waals surface area contributed by atoms with E-state index in [4.69, 9.17) is 4.42 Å². The molecule has 3 aromatic heterocycles. The quantitative estimate of drug-likeness (QED) is 0.323. The Morgan fingerprint density at radius 2 is 1.94 bits per heavy atom. The van der Waals surface area contributed by atoms with E-state index in [0.29, 0.717) is 23.7 Å². The molecule has 0 spiro atoms. The molecule has 0 bridgehead atoms. The van der Waals surface area contributed by atoms with Crippen molar-refractivity contribution in [2.45, 2.75) is 17.5 Å². The van der Waals surface area contributed by atoms with Gasteiger partial charge in [0.25, 0.3) is 5.91 Å². The largest absolute Gasteiger partial charge is 0.443 e. The zero-order valence-corrected chi connectivity index (χ0v) is 18.0. The van der Waals surface area contributed by atoms with Gasteiger partial charge in [-0.3, -0.25) is 4.79 Å². The van der Waals surface area contributed by atoms with Crippen molar-refractivity contribution >= 4 is 40.0 Å². The molecule has 2 aromatic carbocycles. The normalized spacial score (nSPS) is 11.1. The Hall–Kier alpha value is -3.36. The topological polar surface area (TPSA) is 83.8 Å². The molecule has 8 heteroatoms. The van der Waals surface area contributed by atoms with Gasteiger partial charge in [0.2, 0.25) is 5.89 Å². The number of carbonyl (C=O) groups is 1. The summed E-state index contributed by atoms with van der Waals surface area (Å²) in [5.74, 6) is 1.20. The number of nitrogens with zero attached hydrogens (tertiary/aromatic N) is 2. The lowest BCUT2D eigenvalue weighted by molar-refractivity contribution is 0.0950. The molecule has 5 rings (SSSR count). The summed E-state index contributed by atoms with van der Waals surface area (Å²) < 4.78 is 5.48. The standard InChI is InChI=1S/C23H18N4O2S2/c28-21(24-12-17-13-29-22(25-17)20-6-3-11-30-20)16-9-7-15(8-10-16)14-31-23-26-18-4-1-2-5-19(18)27-23/h1-11,13H,12,14H2,(H,24,28)(H,26,27). The lowest BCUT2D eigenvalue weighted by Gasteiger charge is -2.05. The summed E-state index contributed by atoms with van der Waals surface area (Å²) in [6, 6.07) is 19.5. The lowest BCUT2D eigenvalue weighted by Crippen LogP contribution is -2.22. The number of carbonyl (C=O) groups excluding carboxylic acids is 1. The van der Waals surface area contributed by atoms with E-state index in [1.54, 1.807) is 29.4 Å². The Kier molecular flexibility index (Phi) is 5.56. The highest BCUT2D eigenvalue weighted by Crippen LogP contribution is 2.24. The summed E-state index contributed by atoms with van der Waals surface area (Å²) in [7, 11) is 0. The summed E-state index contributed by atoms with van der Waals surface area (Å²) >= 11 is 3.20. The van der Waals surface area contributed by atoms with Gasteiger partial charge in [-0.25, -0.2) is 9.97 Å². The Balaban J connectivity index is 1.15. The van der Waals surface area contributed by atoms with Crippen LogP contribution in [-0.4, -0.2) is 20.9 Å². The van der Waals surface area contributed by atoms with Gasteiger partial charge in [0.05, 0.1) is 28.1 Å². The van der Waals surface area contributed by atoms with E-state index in [2.05, 4.69) is 20.3 Å². The Labute approximate surface area is 186 Å². The average molecular weight is 447 g/mol. The minimum absolute atomic E-state index is 0.142. The monoisotopic (exact) mass is 446 g/mol. The Morgan fingerprint density at radius 1 is 1.06 bits per heavy atom. The van der Waals surface area contributed by atoms with Crippen LogP contribution in [0.25, 0.3) is 21.8 Å². The molecule has 0 fully saturated rings. The number of hydrogen-bond acceptors (Lipinski definition) is 6. The minimum atomic E-state index is -0.142. The van der Waals surface area contributed by atoms with Gasteiger partial charge in [-0.15, -0.1) is 11.3 Å². The summed E-state index contributed by atoms with van der Waals surface area (Å²) in [4.78, 5) is 25.7. The molecule has 0 radical (unpaired) electrons. The number of hydrogen-bond donors (Lipinski definition) is 2. The molecule has 1 amide bonds. The first kappa shape index (κ1) is 19.6. The maximum atomic E-state index is 12.5. The van der Waals surface area contributed by atoms with Gasteiger partial charge in [-0.2, -0.15) is 0 Å². The van der Waals surface area contributed by atoms with Gasteiger partial charge in [-0.05, 0) is 41.3 Å². The molecule has 0 atom stereocenters. The maximum Gasteiger partial charge on any atom is 0.251 e. The van der Waals surface area contributed by atoms with E-state index in [1.807, 2.05) is 66.0 Å². The zero-order valence-electron chi connectivity index (χ0n) is 16.4. The summed E-state index contributed by atoms with van der Waals surface area (Å²) in [5, 5.41) is 5.75. The molecule has 0 unspecified atom stereocenters. The van der Waals surface area contributed by atoms with E-state index in [1.165, 1.54) is 0 Å². The lowest BCUT2D eigenvalue weighted by atomic mass is 10.1. The van der Waals surface area contributed by atoms with Crippen molar-refractivity contribution in [3.8, 4) is 10.8 Å². The molecule has 0 aliphatic rings. The van der Waals surface area contributed by atoms with Crippen LogP contribution in [0.15, 0.2) is 81.9 Å². The number of nitrogens with one attached hydrogen (secondary N) is 2. The molecule has 0 saturated heterocycles. The summed E-state index contributed by atoms with van der Waals surface area (Å²) in [6.07, 6.45) is 1.58. The van der Waals surface area contributed by atoms with Gasteiger partial charge in [0.15, 0.2) is 5.16 Å². The Bertz CT molecular complexity index is 1270. The zero-order chi connectivity index (χ0) is 21.0. The van der Waals surface area contributed by atoms with Crippen molar-refractivity contribution in [3.63, 3.8) is 0 Å². The molecular weight excluding hydrogens is 428 g/mol. The van der Waals surface area contributed by atoms with Crippen molar-refractivity contribution in [3.05, 3.63) is 89.1 Å². The van der Waals surface area contributed by atoms with E-state index in [9.17, 15) is 4.79 Å². The number of rotatable bonds is 7. The average Bonchev–Trinajstić information content (AvgIpc) is 3.56. The molecule has 0 aliphatic heterocycles. The molecular formula is C23H18N4O2S2. The highest BCUT2D eigenvalue weighted by atomic mass is 32.2. The van der Waals surface area contributed by atoms with Crippen LogP contribution in [0.3, 0.4) is 0 Å². The van der Waals surface area contributed by atoms with Crippen LogP contribution in [0.2, 0.25) is 0 Å². The number of H-pyrrole nitrogens is 1. The van der Waals surface area contributed by atoms with Crippen LogP contribution in [0.5, 0.6) is 0 Å². The minimum Gasteiger partial charge on any atom is -0.443 e. The van der Waals surface area contributed by atoms with Gasteiger partial charge < -0.3 is 14.7 Å². The van der Waals surface area contributed by atoms with Crippen molar-refractivity contribution in [2.24, 2.45) is 0 Å². The van der Waals surface area contributed by atoms with E-state index >= 15 is 0 Å². The molecule has 0 saturated carbocycles. The predicted molar refractivity (Wildman–Crippen MR) is 123 cm³/mol. The third-order valence-electron chi connectivity index (χ3n) is 4.67. The van der Waals surface area contributed by atoms with Crippen LogP contribution < -0.4 is 5.32 Å². The number of amides is 1. The molecule has 31 heavy (non-hydrogen) atoms. The third-order valence-corrected chi connectivity index (χ3v) is 6.48. The number of imidazole rings is 1. The Morgan fingerprint density at radius 3 is 2.74 bits per heavy atom. The van der Waals surface area contributed by atoms with Gasteiger partial charge in [0, 0.05) is 11.3 Å². The predicted octanol–water partition coefficient (Wildman–Crippen LogP) is 5.50. The number of fused-ring (bicyclic) bond motifs is 1. The second-order valence-electron chi connectivity index (χ2n) is 6.85. The van der Waals surface area contributed by atoms with E-state index < -0.39 is 0 Å². The maximum absolute atomic E-state index is 12.5. The van der Waals surface area contributed by atoms with E-state index in [0.717, 1.165) is 32.4 Å². The van der Waals surface area contributed by atoms with Crippen LogP contribution >= 0.6 is 23.1 Å². The molecule has 5 aromatic rings. The van der Waals surface area contributed by atoms with Crippen LogP contribution in [-0.2, 0) is 12.3 Å². The van der Waals surface area contributed by atoms with Crippen molar-refractivity contribution in [2.75, 3.05) is 0 Å². The van der Waals surface area contributed by atoms with Crippen molar-refractivity contribution < 1.29 is 9.21 Å². The van der Waals surface area contributed by atoms with Gasteiger partial charge in [-0.1, -0.05) is 42.1 Å². The van der Waals surface area contributed by atoms with Crippen molar-refractivity contribution in [1.29, 1.82) is 0 Å². The highest BCUT2D eigenvalue weighted by Gasteiger charge is 2.10. The fourth-order valence-corrected chi connectivity index (χ4v) is 4.57. The number of aromatic amines is 1. The SMILES string of the molecule is O=C(NCc1coc(-c2cccs2)n1)c1ccc(CSc2nc3ccccc3[nH]2)cc1. The van der Waals surface area contributed by atoms with Crippen molar-refractivity contribution in [1.82, 2.24) is 20.3 Å². The molecule has 2 N–H and O–H groups in total. The highest BCUT2D eigenvalue weighted by molar-refractivity contribution is 7.98. The van der Waals surface area contributed by atoms with Crippen LogP contribution in [0, 0.1) is 0 Å². The number of oxazole rings is 1. The number of benzene rings is 2. The first-order valence-electron chi connectivity index (χ1n) is 9.67. The fraction of sp³-hybridized carbons (Fsp3) is 0.0870. The number of thioether (sulfide) groups is 1. The van der Waals surface area contributed by atoms with Crippen LogP contribution in [0.1, 0.15) is 21.6 Å².